The molecule has 0 aliphatic heterocycles. The first-order chi connectivity index (χ1) is 14.4. The number of anilines is 3. The van der Waals surface area contributed by atoms with Crippen LogP contribution in [0, 0.1) is 12.7 Å². The van der Waals surface area contributed by atoms with Gasteiger partial charge in [-0.15, -0.1) is 0 Å². The Kier molecular flexibility index (Phi) is 5.08. The van der Waals surface area contributed by atoms with Crippen molar-refractivity contribution >= 4 is 39.7 Å². The molecule has 0 aliphatic carbocycles. The van der Waals surface area contributed by atoms with Gasteiger partial charge in [-0.25, -0.2) is 14.4 Å². The first-order valence-corrected chi connectivity index (χ1v) is 9.48. The lowest BCUT2D eigenvalue weighted by Gasteiger charge is -2.20. The van der Waals surface area contributed by atoms with E-state index in [2.05, 4.69) is 20.3 Å². The van der Waals surface area contributed by atoms with Gasteiger partial charge in [0, 0.05) is 30.2 Å². The molecule has 1 atom stereocenters. The van der Waals surface area contributed by atoms with E-state index in [0.29, 0.717) is 41.2 Å². The van der Waals surface area contributed by atoms with E-state index in [4.69, 9.17) is 21.2 Å². The molecule has 9 nitrogen and oxygen atoms in total. The number of pyridine rings is 1. The molecule has 0 fully saturated rings. The van der Waals surface area contributed by atoms with Crippen molar-refractivity contribution < 1.29 is 9.13 Å². The fourth-order valence-electron chi connectivity index (χ4n) is 3.49. The lowest BCUT2D eigenvalue weighted by atomic mass is 10.0. The molecule has 10 heteroatoms. The van der Waals surface area contributed by atoms with Crippen molar-refractivity contribution in [2.24, 2.45) is 0 Å². The van der Waals surface area contributed by atoms with Gasteiger partial charge in [0.1, 0.15) is 17.2 Å². The highest BCUT2D eigenvalue weighted by atomic mass is 19.1. The van der Waals surface area contributed by atoms with Crippen molar-refractivity contribution in [1.82, 2.24) is 24.5 Å². The van der Waals surface area contributed by atoms with E-state index >= 15 is 0 Å². The largest absolute Gasteiger partial charge is 0.383 e. The smallest absolute Gasteiger partial charge is 0.224 e. The Hall–Kier alpha value is -3.53. The average molecular weight is 410 g/mol. The summed E-state index contributed by atoms with van der Waals surface area (Å²) >= 11 is 0. The molecule has 5 N–H and O–H groups in total. The maximum atomic E-state index is 14.1. The Labute approximate surface area is 172 Å². The number of nitrogens with zero attached hydrogens (tertiary/aromatic N) is 5. The molecule has 30 heavy (non-hydrogen) atoms. The Morgan fingerprint density at radius 2 is 2.00 bits per heavy atom. The number of imidazole rings is 1. The normalized spacial score (nSPS) is 12.5. The van der Waals surface area contributed by atoms with E-state index in [1.165, 1.54) is 6.07 Å². The monoisotopic (exact) mass is 410 g/mol. The molecular formula is C20H23FN8O. The van der Waals surface area contributed by atoms with Gasteiger partial charge < -0.3 is 26.1 Å². The molecule has 0 radical (unpaired) electrons. The number of nitrogen functional groups attached to an aromatic ring is 2. The molecule has 4 aromatic rings. The Bertz CT molecular complexity index is 1240. The van der Waals surface area contributed by atoms with Gasteiger partial charge in [-0.1, -0.05) is 0 Å². The van der Waals surface area contributed by atoms with E-state index in [1.807, 2.05) is 17.6 Å². The van der Waals surface area contributed by atoms with Gasteiger partial charge in [0.25, 0.3) is 0 Å². The molecule has 0 amide bonds. The summed E-state index contributed by atoms with van der Waals surface area (Å²) in [5.41, 5.74) is 14.8. The summed E-state index contributed by atoms with van der Waals surface area (Å²) in [5.74, 6) is 0.652. The number of ether oxygens (including phenoxy) is 1. The highest BCUT2D eigenvalue weighted by Crippen LogP contribution is 2.32. The summed E-state index contributed by atoms with van der Waals surface area (Å²) in [7, 11) is 1.63. The van der Waals surface area contributed by atoms with E-state index in [1.54, 1.807) is 26.4 Å². The minimum Gasteiger partial charge on any atom is -0.383 e. The number of rotatable bonds is 6. The van der Waals surface area contributed by atoms with E-state index in [9.17, 15) is 4.39 Å². The van der Waals surface area contributed by atoms with Gasteiger partial charge in [-0.2, -0.15) is 9.97 Å². The summed E-state index contributed by atoms with van der Waals surface area (Å²) in [6.07, 6.45) is 1.65. The second-order valence-corrected chi connectivity index (χ2v) is 7.06. The van der Waals surface area contributed by atoms with Gasteiger partial charge in [0.05, 0.1) is 24.5 Å². The van der Waals surface area contributed by atoms with Crippen LogP contribution in [0.25, 0.3) is 22.1 Å². The molecule has 1 unspecified atom stereocenters. The molecule has 4 rings (SSSR count). The third-order valence-electron chi connectivity index (χ3n) is 5.14. The lowest BCUT2D eigenvalue weighted by molar-refractivity contribution is 0.210. The number of nitrogens with one attached hydrogen (secondary N) is 1. The molecule has 1 aromatic carbocycles. The first-order valence-electron chi connectivity index (χ1n) is 9.48. The molecule has 3 aromatic heterocycles. The summed E-state index contributed by atoms with van der Waals surface area (Å²) in [6, 6.07) is 4.96. The van der Waals surface area contributed by atoms with Crippen molar-refractivity contribution in [1.29, 1.82) is 0 Å². The second kappa shape index (κ2) is 7.71. The zero-order valence-electron chi connectivity index (χ0n) is 17.0. The molecule has 0 saturated carbocycles. The summed E-state index contributed by atoms with van der Waals surface area (Å²) < 4.78 is 21.1. The predicted molar refractivity (Wildman–Crippen MR) is 115 cm³/mol. The molecule has 0 bridgehead atoms. The fraction of sp³-hybridized carbons (Fsp3) is 0.300. The van der Waals surface area contributed by atoms with Crippen LogP contribution in [0.15, 0.2) is 24.5 Å². The number of benzene rings is 1. The number of aryl methyl sites for hydroxylation is 1. The summed E-state index contributed by atoms with van der Waals surface area (Å²) in [6.45, 7) is 4.77. The van der Waals surface area contributed by atoms with Crippen LogP contribution in [-0.4, -0.2) is 44.8 Å². The van der Waals surface area contributed by atoms with E-state index in [0.717, 1.165) is 10.9 Å². The molecule has 0 spiro atoms. The van der Waals surface area contributed by atoms with E-state index < -0.39 is 0 Å². The third kappa shape index (κ3) is 3.35. The maximum Gasteiger partial charge on any atom is 0.224 e. The van der Waals surface area contributed by atoms with Crippen LogP contribution in [0.4, 0.5) is 22.0 Å². The first kappa shape index (κ1) is 19.8. The number of halogens is 1. The quantitative estimate of drug-likeness (QED) is 0.414. The Balaban J connectivity index is 1.88. The van der Waals surface area contributed by atoms with Crippen LogP contribution in [0.5, 0.6) is 0 Å². The van der Waals surface area contributed by atoms with Crippen LogP contribution in [0.1, 0.15) is 24.1 Å². The second-order valence-electron chi connectivity index (χ2n) is 7.06. The van der Waals surface area contributed by atoms with Crippen molar-refractivity contribution in [3.8, 4) is 0 Å². The van der Waals surface area contributed by atoms with Gasteiger partial charge in [-0.3, -0.25) is 0 Å². The fourth-order valence-corrected chi connectivity index (χ4v) is 3.49. The minimum absolute atomic E-state index is 0.0788. The zero-order valence-corrected chi connectivity index (χ0v) is 17.0. The van der Waals surface area contributed by atoms with Crippen LogP contribution in [-0.2, 0) is 4.74 Å². The third-order valence-corrected chi connectivity index (χ3v) is 5.14. The minimum atomic E-state index is -0.290. The van der Waals surface area contributed by atoms with Crippen LogP contribution in [0.2, 0.25) is 0 Å². The molecule has 0 aliphatic rings. The molecule has 0 saturated heterocycles. The van der Waals surface area contributed by atoms with Crippen molar-refractivity contribution in [3.05, 3.63) is 41.5 Å². The highest BCUT2D eigenvalue weighted by molar-refractivity contribution is 5.86. The predicted octanol–water partition coefficient (Wildman–Crippen LogP) is 2.65. The SMILES string of the molecule is COCCNc1nc2c(C)c(F)ccc2cc1C(C)n1cnc2c(N)nc(N)nc21. The Morgan fingerprint density at radius 3 is 2.77 bits per heavy atom. The summed E-state index contributed by atoms with van der Waals surface area (Å²) in [5, 5.41) is 4.13. The average Bonchev–Trinajstić information content (AvgIpc) is 3.14. The number of methoxy groups -OCH3 is 1. The number of aromatic nitrogens is 5. The topological polar surface area (TPSA) is 130 Å². The van der Waals surface area contributed by atoms with Crippen LogP contribution >= 0.6 is 0 Å². The van der Waals surface area contributed by atoms with Gasteiger partial charge >= 0.3 is 0 Å². The van der Waals surface area contributed by atoms with E-state index in [-0.39, 0.29) is 23.6 Å². The number of hydrogen-bond donors (Lipinski definition) is 3. The zero-order chi connectivity index (χ0) is 21.4. The van der Waals surface area contributed by atoms with Gasteiger partial charge in [0.15, 0.2) is 11.5 Å². The van der Waals surface area contributed by atoms with Gasteiger partial charge in [-0.05, 0) is 32.0 Å². The van der Waals surface area contributed by atoms with Crippen molar-refractivity contribution in [2.45, 2.75) is 19.9 Å². The maximum absolute atomic E-state index is 14.1. The summed E-state index contributed by atoms with van der Waals surface area (Å²) in [4.78, 5) is 17.4. The van der Waals surface area contributed by atoms with Crippen molar-refractivity contribution in [2.75, 3.05) is 37.0 Å². The van der Waals surface area contributed by atoms with Gasteiger partial charge in [0.2, 0.25) is 5.95 Å². The number of nitrogens with two attached hydrogens (primary N) is 2. The molecular weight excluding hydrogens is 387 g/mol. The number of fused-ring (bicyclic) bond motifs is 2. The molecule has 156 valence electrons. The lowest BCUT2D eigenvalue weighted by Crippen LogP contribution is -2.15. The van der Waals surface area contributed by atoms with Crippen LogP contribution < -0.4 is 16.8 Å². The van der Waals surface area contributed by atoms with Crippen molar-refractivity contribution in [3.63, 3.8) is 0 Å². The standard InChI is InChI=1S/C20H23FN8O/c1-10-14(21)5-4-12-8-13(18(26-15(10)12)24-6-7-30-3)11(2)29-9-25-16-17(22)27-20(23)28-19(16)29/h4-5,8-9,11H,6-7H2,1-3H3,(H,24,26)(H4,22,23,27,28). The molecule has 3 heterocycles. The highest BCUT2D eigenvalue weighted by Gasteiger charge is 2.20. The van der Waals surface area contributed by atoms with Crippen LogP contribution in [0.3, 0.4) is 0 Å². The number of hydrogen-bond acceptors (Lipinski definition) is 8. The Morgan fingerprint density at radius 1 is 1.20 bits per heavy atom.